The smallest absolute Gasteiger partial charge is 0.320 e. The van der Waals surface area contributed by atoms with Crippen LogP contribution in [-0.2, 0) is 6.54 Å². The van der Waals surface area contributed by atoms with Crippen molar-refractivity contribution in [3.8, 4) is 5.75 Å². The number of carbonyl (C=O) groups is 1. The van der Waals surface area contributed by atoms with E-state index in [9.17, 15) is 4.79 Å². The molecule has 1 saturated heterocycles. The fourth-order valence-electron chi connectivity index (χ4n) is 6.45. The normalized spacial score (nSPS) is 20.2. The van der Waals surface area contributed by atoms with E-state index in [0.29, 0.717) is 29.7 Å². The van der Waals surface area contributed by atoms with Crippen molar-refractivity contribution in [2.24, 2.45) is 16.1 Å². The molecule has 4 heterocycles. The number of amidine groups is 1. The van der Waals surface area contributed by atoms with Gasteiger partial charge in [-0.1, -0.05) is 45.0 Å². The lowest BCUT2D eigenvalue weighted by molar-refractivity contribution is 0.171. The maximum absolute atomic E-state index is 13.5. The number of benzene rings is 1. The quantitative estimate of drug-likeness (QED) is 0.150. The number of nitrogens with zero attached hydrogens (tertiary/aromatic N) is 8. The van der Waals surface area contributed by atoms with Crippen molar-refractivity contribution in [2.75, 3.05) is 32.1 Å². The second kappa shape index (κ2) is 14.9. The van der Waals surface area contributed by atoms with Crippen molar-refractivity contribution in [1.29, 1.82) is 0 Å². The SMILES string of the molecule is C[C@H]1CCCCN1c1nnc2ccc(O[C@@H]3CC[C@H](NC(=O)NC(/C=C(\N)C(C)(C)C)=Nc4cnn(CCN(C)C)c4)c4ccccc43)cn12. The fourth-order valence-corrected chi connectivity index (χ4v) is 6.45. The number of ether oxygens (including phenoxy) is 1. The number of aliphatic imine (C=N–C) groups is 1. The van der Waals surface area contributed by atoms with Gasteiger partial charge in [0.2, 0.25) is 5.95 Å². The maximum atomic E-state index is 13.5. The molecule has 266 valence electrons. The van der Waals surface area contributed by atoms with Crippen LogP contribution in [0.1, 0.15) is 83.1 Å². The number of allylic oxidation sites excluding steroid dienone is 1. The molecule has 4 aromatic rings. The molecule has 6 rings (SSSR count). The Kier molecular flexibility index (Phi) is 10.4. The molecule has 0 bridgehead atoms. The van der Waals surface area contributed by atoms with Gasteiger partial charge in [0.25, 0.3) is 0 Å². The molecule has 1 aliphatic carbocycles. The van der Waals surface area contributed by atoms with Crippen molar-refractivity contribution in [2.45, 2.75) is 84.5 Å². The lowest BCUT2D eigenvalue weighted by Crippen LogP contribution is -2.42. The number of fused-ring (bicyclic) bond motifs is 2. The van der Waals surface area contributed by atoms with Gasteiger partial charge in [0.15, 0.2) is 5.65 Å². The van der Waals surface area contributed by atoms with Crippen LogP contribution in [0.25, 0.3) is 5.65 Å². The van der Waals surface area contributed by atoms with Crippen LogP contribution in [0.2, 0.25) is 0 Å². The molecule has 0 unspecified atom stereocenters. The Morgan fingerprint density at radius 3 is 2.64 bits per heavy atom. The molecule has 3 atom stereocenters. The Balaban J connectivity index is 1.17. The molecule has 0 saturated carbocycles. The second-order valence-corrected chi connectivity index (χ2v) is 14.7. The van der Waals surface area contributed by atoms with Crippen LogP contribution in [0.15, 0.2) is 71.8 Å². The van der Waals surface area contributed by atoms with Crippen LogP contribution in [0, 0.1) is 5.41 Å². The second-order valence-electron chi connectivity index (χ2n) is 14.7. The topological polar surface area (TPSA) is 143 Å². The number of likely N-dealkylation sites (N-methyl/N-ethyl adjacent to an activating group) is 1. The van der Waals surface area contributed by atoms with Gasteiger partial charge in [-0.05, 0) is 76.4 Å². The Bertz CT molecular complexity index is 1850. The van der Waals surface area contributed by atoms with Gasteiger partial charge in [-0.3, -0.25) is 14.4 Å². The lowest BCUT2D eigenvalue weighted by atomic mass is 9.85. The lowest BCUT2D eigenvalue weighted by Gasteiger charge is -2.33. The zero-order chi connectivity index (χ0) is 35.4. The van der Waals surface area contributed by atoms with E-state index in [4.69, 9.17) is 15.5 Å². The Hall–Kier alpha value is -4.91. The zero-order valence-electron chi connectivity index (χ0n) is 30.1. The number of pyridine rings is 1. The van der Waals surface area contributed by atoms with Gasteiger partial charge in [0, 0.05) is 36.3 Å². The summed E-state index contributed by atoms with van der Waals surface area (Å²) in [5.74, 6) is 1.95. The minimum absolute atomic E-state index is 0.172. The number of aromatic nitrogens is 5. The van der Waals surface area contributed by atoms with Gasteiger partial charge in [0.05, 0.1) is 31.2 Å². The van der Waals surface area contributed by atoms with E-state index in [1.807, 2.05) is 80.6 Å². The van der Waals surface area contributed by atoms with Crippen LogP contribution in [0.4, 0.5) is 16.4 Å². The zero-order valence-corrected chi connectivity index (χ0v) is 30.1. The Morgan fingerprint density at radius 1 is 1.08 bits per heavy atom. The minimum Gasteiger partial charge on any atom is -0.484 e. The molecule has 1 aromatic carbocycles. The molecular formula is C37H51N11O2. The van der Waals surface area contributed by atoms with Crippen molar-refractivity contribution in [3.63, 3.8) is 0 Å². The highest BCUT2D eigenvalue weighted by Gasteiger charge is 2.30. The average Bonchev–Trinajstić information content (AvgIpc) is 3.71. The van der Waals surface area contributed by atoms with Gasteiger partial charge < -0.3 is 25.6 Å². The summed E-state index contributed by atoms with van der Waals surface area (Å²) in [6.07, 6.45) is 12.1. The first kappa shape index (κ1) is 34.9. The molecule has 3 aromatic heterocycles. The number of urea groups is 1. The third kappa shape index (κ3) is 8.27. The minimum atomic E-state index is -0.363. The number of rotatable bonds is 9. The van der Waals surface area contributed by atoms with Crippen LogP contribution < -0.4 is 26.0 Å². The molecule has 2 amide bonds. The van der Waals surface area contributed by atoms with Crippen molar-refractivity contribution >= 4 is 29.1 Å². The molecule has 13 heteroatoms. The third-order valence-corrected chi connectivity index (χ3v) is 9.48. The number of piperidine rings is 1. The number of carbonyl (C=O) groups excluding carboxylic acids is 1. The van der Waals surface area contributed by atoms with Gasteiger partial charge in [0.1, 0.15) is 23.4 Å². The van der Waals surface area contributed by atoms with Gasteiger partial charge in [-0.2, -0.15) is 5.10 Å². The van der Waals surface area contributed by atoms with E-state index in [1.54, 1.807) is 12.3 Å². The predicted molar refractivity (Wildman–Crippen MR) is 197 cm³/mol. The molecule has 50 heavy (non-hydrogen) atoms. The maximum Gasteiger partial charge on any atom is 0.320 e. The van der Waals surface area contributed by atoms with Crippen molar-refractivity contribution in [1.82, 2.24) is 39.9 Å². The number of nitrogens with one attached hydrogen (secondary N) is 2. The number of nitrogens with two attached hydrogens (primary N) is 1. The first-order valence-electron chi connectivity index (χ1n) is 17.6. The molecule has 0 spiro atoms. The van der Waals surface area contributed by atoms with Gasteiger partial charge in [-0.15, -0.1) is 10.2 Å². The number of amides is 2. The number of hydrogen-bond donors (Lipinski definition) is 3. The van der Waals surface area contributed by atoms with Gasteiger partial charge >= 0.3 is 6.03 Å². The predicted octanol–water partition coefficient (Wildman–Crippen LogP) is 5.74. The van der Waals surface area contributed by atoms with Crippen molar-refractivity contribution < 1.29 is 9.53 Å². The summed E-state index contributed by atoms with van der Waals surface area (Å²) in [4.78, 5) is 22.7. The van der Waals surface area contributed by atoms with E-state index in [2.05, 4.69) is 54.8 Å². The Morgan fingerprint density at radius 2 is 1.88 bits per heavy atom. The highest BCUT2D eigenvalue weighted by atomic mass is 16.5. The average molecular weight is 682 g/mol. The summed E-state index contributed by atoms with van der Waals surface area (Å²) < 4.78 is 10.5. The largest absolute Gasteiger partial charge is 0.484 e. The number of anilines is 1. The Labute approximate surface area is 294 Å². The molecule has 13 nitrogen and oxygen atoms in total. The van der Waals surface area contributed by atoms with E-state index < -0.39 is 0 Å². The monoisotopic (exact) mass is 681 g/mol. The summed E-state index contributed by atoms with van der Waals surface area (Å²) in [7, 11) is 4.04. The van der Waals surface area contributed by atoms with E-state index in [1.165, 1.54) is 6.42 Å². The van der Waals surface area contributed by atoms with E-state index in [0.717, 1.165) is 67.4 Å². The van der Waals surface area contributed by atoms with Crippen LogP contribution in [-0.4, -0.2) is 74.4 Å². The number of hydrogen-bond acceptors (Lipinski definition) is 9. The summed E-state index contributed by atoms with van der Waals surface area (Å²) in [6.45, 7) is 10.9. The van der Waals surface area contributed by atoms with Crippen LogP contribution in [0.5, 0.6) is 5.75 Å². The van der Waals surface area contributed by atoms with Crippen LogP contribution in [0.3, 0.4) is 0 Å². The first-order chi connectivity index (χ1) is 23.9. The molecule has 1 fully saturated rings. The molecule has 2 aliphatic rings. The third-order valence-electron chi connectivity index (χ3n) is 9.48. The highest BCUT2D eigenvalue weighted by molar-refractivity contribution is 6.05. The molecule has 4 N–H and O–H groups in total. The van der Waals surface area contributed by atoms with Gasteiger partial charge in [-0.25, -0.2) is 9.79 Å². The fraction of sp³-hybridized carbons (Fsp3) is 0.486. The summed E-state index contributed by atoms with van der Waals surface area (Å²) >= 11 is 0. The van der Waals surface area contributed by atoms with Crippen LogP contribution >= 0.6 is 0 Å². The summed E-state index contributed by atoms with van der Waals surface area (Å²) in [6, 6.07) is 11.9. The van der Waals surface area contributed by atoms with E-state index >= 15 is 0 Å². The summed E-state index contributed by atoms with van der Waals surface area (Å²) in [5.41, 5.74) is 10.2. The first-order valence-corrected chi connectivity index (χ1v) is 17.6. The molecule has 1 aliphatic heterocycles. The standard InChI is InChI=1S/C37H51N11O2/c1-25-11-9-10-18-47(25)36-44-43-34-17-14-27(24-48(34)36)50-31-16-15-30(28-12-7-8-13-29(28)31)41-35(49)42-33(21-32(38)37(2,3)4)40-26-22-39-46(23-26)20-19-45(5)6/h7-8,12-14,17,21-25,30-31H,9-11,15-16,18-20,38H2,1-6H3,(H2,40,41,42,49)/b32-21-/t25-,30-,31+/m0/s1. The molecule has 0 radical (unpaired) electrons. The highest BCUT2D eigenvalue weighted by Crippen LogP contribution is 2.39. The molecular weight excluding hydrogens is 630 g/mol. The van der Waals surface area contributed by atoms with E-state index in [-0.39, 0.29) is 23.6 Å². The summed E-state index contributed by atoms with van der Waals surface area (Å²) in [5, 5.41) is 19.5. The van der Waals surface area contributed by atoms with Crippen molar-refractivity contribution in [3.05, 3.63) is 77.9 Å².